The van der Waals surface area contributed by atoms with Crippen molar-refractivity contribution in [1.82, 2.24) is 9.88 Å². The van der Waals surface area contributed by atoms with Crippen LogP contribution in [0.15, 0.2) is 83.3 Å². The number of nitrogens with one attached hydrogen (secondary N) is 1. The minimum atomic E-state index is -3.76. The second kappa shape index (κ2) is 10.7. The third kappa shape index (κ3) is 4.60. The van der Waals surface area contributed by atoms with Crippen molar-refractivity contribution in [2.24, 2.45) is 0 Å². The molecule has 234 valence electrons. The highest BCUT2D eigenvalue weighted by Crippen LogP contribution is 2.47. The molecule has 0 saturated carbocycles. The highest BCUT2D eigenvalue weighted by molar-refractivity contribution is 7.92. The largest absolute Gasteiger partial charge is 0.467 e. The van der Waals surface area contributed by atoms with Crippen LogP contribution in [0, 0.1) is 11.6 Å². The number of hydrogen-bond acceptors (Lipinski definition) is 6. The number of carbonyl (C=O) groups is 1. The summed E-state index contributed by atoms with van der Waals surface area (Å²) in [7, 11) is -0.869. The number of hydrogen-bond donors (Lipinski definition) is 2. The zero-order valence-electron chi connectivity index (χ0n) is 24.8. The fourth-order valence-electron chi connectivity index (χ4n) is 6.01. The molecule has 1 unspecified atom stereocenters. The molecule has 3 heterocycles. The molecule has 1 aliphatic heterocycles. The van der Waals surface area contributed by atoms with Gasteiger partial charge in [0.1, 0.15) is 28.7 Å². The van der Waals surface area contributed by atoms with E-state index in [-0.39, 0.29) is 29.2 Å². The Hall–Kier alpha value is -5.20. The first kappa shape index (κ1) is 29.5. The molecule has 0 radical (unpaired) electrons. The summed E-state index contributed by atoms with van der Waals surface area (Å²) in [5.41, 5.74) is 3.95. The molecule has 46 heavy (non-hydrogen) atoms. The van der Waals surface area contributed by atoms with E-state index in [0.717, 1.165) is 10.6 Å². The van der Waals surface area contributed by atoms with Crippen LogP contribution in [0.4, 0.5) is 14.5 Å². The molecule has 6 aromatic rings. The van der Waals surface area contributed by atoms with E-state index in [2.05, 4.69) is 5.32 Å². The molecule has 0 saturated heterocycles. The van der Waals surface area contributed by atoms with E-state index in [4.69, 9.17) is 9.15 Å². The predicted molar refractivity (Wildman–Crippen MR) is 171 cm³/mol. The number of aliphatic hydroxyl groups is 1. The Morgan fingerprint density at radius 3 is 2.41 bits per heavy atom. The lowest BCUT2D eigenvalue weighted by molar-refractivity contribution is 0.0614. The Bertz CT molecular complexity index is 2310. The zero-order chi connectivity index (χ0) is 32.5. The lowest BCUT2D eigenvalue weighted by atomic mass is 9.96. The molecule has 9 nitrogen and oxygen atoms in total. The van der Waals surface area contributed by atoms with Gasteiger partial charge in [0.2, 0.25) is 10.0 Å². The number of benzene rings is 4. The molecule has 0 fully saturated rings. The summed E-state index contributed by atoms with van der Waals surface area (Å²) in [5.74, 6) is -0.682. The number of fused-ring (bicyclic) bond motifs is 6. The molecule has 2 aromatic heterocycles. The van der Waals surface area contributed by atoms with Gasteiger partial charge in [-0.15, -0.1) is 0 Å². The molecule has 1 amide bonds. The lowest BCUT2D eigenvalue weighted by Gasteiger charge is -2.29. The van der Waals surface area contributed by atoms with Crippen molar-refractivity contribution in [2.45, 2.75) is 6.23 Å². The number of rotatable bonds is 6. The number of anilines is 1. The quantitative estimate of drug-likeness (QED) is 0.220. The van der Waals surface area contributed by atoms with E-state index in [0.29, 0.717) is 50.0 Å². The number of sulfonamides is 1. The average molecular weight is 644 g/mol. The van der Waals surface area contributed by atoms with E-state index in [1.165, 1.54) is 44.4 Å². The van der Waals surface area contributed by atoms with Crippen LogP contribution in [0.1, 0.15) is 16.6 Å². The Morgan fingerprint density at radius 2 is 1.72 bits per heavy atom. The maximum atomic E-state index is 14.9. The first-order chi connectivity index (χ1) is 22.0. The van der Waals surface area contributed by atoms with Crippen LogP contribution < -0.4 is 14.4 Å². The van der Waals surface area contributed by atoms with Crippen molar-refractivity contribution in [2.75, 3.05) is 31.3 Å². The van der Waals surface area contributed by atoms with Crippen molar-refractivity contribution in [3.63, 3.8) is 0 Å². The van der Waals surface area contributed by atoms with Gasteiger partial charge in [-0.05, 0) is 66.2 Å². The monoisotopic (exact) mass is 643 g/mol. The third-order valence-electron chi connectivity index (χ3n) is 8.31. The first-order valence-corrected chi connectivity index (χ1v) is 16.1. The third-order valence-corrected chi connectivity index (χ3v) is 9.50. The van der Waals surface area contributed by atoms with Crippen LogP contribution in [0.5, 0.6) is 5.75 Å². The maximum Gasteiger partial charge on any atom is 0.255 e. The fraction of sp³-hybridized carbons (Fsp3) is 0.147. The van der Waals surface area contributed by atoms with E-state index in [1.54, 1.807) is 53.1 Å². The van der Waals surface area contributed by atoms with Gasteiger partial charge >= 0.3 is 0 Å². The van der Waals surface area contributed by atoms with Crippen LogP contribution in [0.2, 0.25) is 0 Å². The number of aromatic nitrogens is 1. The standard InChI is InChI=1S/C34H27F2N3O6S/c1-37-34(41)32-24-14-21(27(38(2)46(3,42)43)16-30(24)45-33(32)18-7-10-20(35)11-8-18)19-9-12-29-23(13-19)28-15-22-25(36)5-4-6-26(22)39(28)31(17-40)44-29/h4-16,31,40H,17H2,1-3H3,(H,37,41). The fourth-order valence-corrected chi connectivity index (χ4v) is 6.52. The van der Waals surface area contributed by atoms with Crippen LogP contribution in [-0.2, 0) is 10.0 Å². The van der Waals surface area contributed by atoms with Crippen LogP contribution in [0.25, 0.3) is 55.6 Å². The van der Waals surface area contributed by atoms with Gasteiger partial charge in [-0.2, -0.15) is 0 Å². The molecule has 12 heteroatoms. The second-order valence-electron chi connectivity index (χ2n) is 11.0. The number of carbonyl (C=O) groups excluding carboxylic acids is 1. The highest BCUT2D eigenvalue weighted by atomic mass is 32.2. The summed E-state index contributed by atoms with van der Waals surface area (Å²) >= 11 is 0. The predicted octanol–water partition coefficient (Wildman–Crippen LogP) is 6.31. The second-order valence-corrected chi connectivity index (χ2v) is 13.0. The SMILES string of the molecule is CNC(=O)c1c(-c2ccc(F)cc2)oc2cc(N(C)S(C)(=O)=O)c(-c3ccc4c(c3)-c3cc5c(F)cccc5n3C(CO)O4)cc12. The van der Waals surface area contributed by atoms with Crippen LogP contribution >= 0.6 is 0 Å². The number of furan rings is 1. The molecule has 0 bridgehead atoms. The van der Waals surface area contributed by atoms with E-state index >= 15 is 0 Å². The number of ether oxygens (including phenoxy) is 1. The van der Waals surface area contributed by atoms with Gasteiger partial charge in [-0.1, -0.05) is 12.1 Å². The van der Waals surface area contributed by atoms with Crippen molar-refractivity contribution in [3.05, 3.63) is 96.1 Å². The maximum absolute atomic E-state index is 14.9. The summed E-state index contributed by atoms with van der Waals surface area (Å²) < 4.78 is 69.4. The molecule has 0 spiro atoms. The number of halogens is 2. The van der Waals surface area contributed by atoms with Crippen molar-refractivity contribution < 1.29 is 36.3 Å². The summed E-state index contributed by atoms with van der Waals surface area (Å²) in [6, 6.07) is 20.4. The Balaban J connectivity index is 1.50. The van der Waals surface area contributed by atoms with Gasteiger partial charge in [0, 0.05) is 47.6 Å². The van der Waals surface area contributed by atoms with Crippen molar-refractivity contribution in [3.8, 4) is 39.5 Å². The van der Waals surface area contributed by atoms with Gasteiger partial charge in [-0.25, -0.2) is 17.2 Å². The van der Waals surface area contributed by atoms with Gasteiger partial charge in [-0.3, -0.25) is 9.10 Å². The van der Waals surface area contributed by atoms with Gasteiger partial charge in [0.15, 0.2) is 6.23 Å². The normalized spacial score (nSPS) is 14.2. The Kier molecular flexibility index (Phi) is 6.87. The van der Waals surface area contributed by atoms with Gasteiger partial charge < -0.3 is 24.1 Å². The summed E-state index contributed by atoms with van der Waals surface area (Å²) in [4.78, 5) is 13.3. The summed E-state index contributed by atoms with van der Waals surface area (Å²) in [6.07, 6.45) is 0.285. The van der Waals surface area contributed by atoms with Gasteiger partial charge in [0.05, 0.1) is 35.3 Å². The Morgan fingerprint density at radius 1 is 0.978 bits per heavy atom. The molecule has 0 aliphatic carbocycles. The van der Waals surface area contributed by atoms with E-state index < -0.39 is 33.8 Å². The summed E-state index contributed by atoms with van der Waals surface area (Å²) in [5, 5.41) is 13.5. The molecular formula is C34H27F2N3O6S. The molecule has 1 aliphatic rings. The average Bonchev–Trinajstić information content (AvgIpc) is 3.63. The number of aliphatic hydroxyl groups excluding tert-OH is 1. The smallest absolute Gasteiger partial charge is 0.255 e. The zero-order valence-corrected chi connectivity index (χ0v) is 25.7. The summed E-state index contributed by atoms with van der Waals surface area (Å²) in [6.45, 7) is -0.354. The Labute approximate surface area is 262 Å². The minimum Gasteiger partial charge on any atom is -0.467 e. The first-order valence-electron chi connectivity index (χ1n) is 14.2. The van der Waals surface area contributed by atoms with Crippen LogP contribution in [0.3, 0.4) is 0 Å². The molecule has 2 N–H and O–H groups in total. The van der Waals surface area contributed by atoms with Crippen LogP contribution in [-0.4, -0.2) is 51.0 Å². The van der Waals surface area contributed by atoms with Gasteiger partial charge in [0.25, 0.3) is 5.91 Å². The lowest BCUT2D eigenvalue weighted by Crippen LogP contribution is -2.25. The topological polar surface area (TPSA) is 114 Å². The highest BCUT2D eigenvalue weighted by Gasteiger charge is 2.30. The minimum absolute atomic E-state index is 0.194. The molecule has 4 aromatic carbocycles. The molecule has 7 rings (SSSR count). The number of nitrogens with zero attached hydrogens (tertiary/aromatic N) is 2. The molecular weight excluding hydrogens is 616 g/mol. The number of amides is 1. The van der Waals surface area contributed by atoms with Crippen molar-refractivity contribution >= 4 is 43.5 Å². The van der Waals surface area contributed by atoms with Crippen molar-refractivity contribution in [1.29, 1.82) is 0 Å². The van der Waals surface area contributed by atoms with E-state index in [9.17, 15) is 27.1 Å². The molecule has 1 atom stereocenters. The van der Waals surface area contributed by atoms with E-state index in [1.807, 2.05) is 0 Å².